The van der Waals surface area contributed by atoms with Crippen molar-refractivity contribution in [1.29, 1.82) is 0 Å². The van der Waals surface area contributed by atoms with Gasteiger partial charge in [-0.25, -0.2) is 4.98 Å². The average molecular weight is 251 g/mol. The number of anilines is 1. The van der Waals surface area contributed by atoms with Gasteiger partial charge in [0.15, 0.2) is 5.82 Å². The van der Waals surface area contributed by atoms with E-state index in [-0.39, 0.29) is 5.56 Å². The molecule has 0 spiro atoms. The zero-order valence-electron chi connectivity index (χ0n) is 11.1. The second-order valence-corrected chi connectivity index (χ2v) is 4.21. The zero-order valence-corrected chi connectivity index (χ0v) is 11.1. The van der Waals surface area contributed by atoms with Crippen molar-refractivity contribution in [1.82, 2.24) is 9.55 Å². The molecule has 1 aromatic rings. The Morgan fingerprint density at radius 2 is 2.39 bits per heavy atom. The van der Waals surface area contributed by atoms with Gasteiger partial charge in [-0.3, -0.25) is 4.79 Å². The maximum absolute atomic E-state index is 11.9. The Kier molecular flexibility index (Phi) is 6.14. The third-order valence-corrected chi connectivity index (χ3v) is 2.27. The maximum atomic E-state index is 11.9. The van der Waals surface area contributed by atoms with Crippen LogP contribution in [0.4, 0.5) is 5.82 Å². The van der Waals surface area contributed by atoms with Crippen molar-refractivity contribution in [3.63, 3.8) is 0 Å². The third kappa shape index (κ3) is 4.71. The lowest BCUT2D eigenvalue weighted by molar-refractivity contribution is 0.167. The summed E-state index contributed by atoms with van der Waals surface area (Å²) in [6.07, 6.45) is 4.26. The first kappa shape index (κ1) is 14.4. The Morgan fingerprint density at radius 3 is 3.06 bits per heavy atom. The third-order valence-electron chi connectivity index (χ3n) is 2.27. The molecule has 0 fully saturated rings. The van der Waals surface area contributed by atoms with Crippen molar-refractivity contribution in [2.75, 3.05) is 25.1 Å². The number of ether oxygens (including phenoxy) is 1. The fraction of sp³-hybridized carbons (Fsp3) is 0.538. The summed E-state index contributed by atoms with van der Waals surface area (Å²) >= 11 is 0. The largest absolute Gasteiger partial charge is 0.375 e. The van der Waals surface area contributed by atoms with Crippen LogP contribution in [0.25, 0.3) is 0 Å². The molecule has 100 valence electrons. The Labute approximate surface area is 108 Å². The van der Waals surface area contributed by atoms with Crippen LogP contribution in [-0.2, 0) is 11.3 Å². The monoisotopic (exact) mass is 251 g/mol. The molecule has 0 aliphatic rings. The van der Waals surface area contributed by atoms with Crippen molar-refractivity contribution in [2.24, 2.45) is 0 Å². The van der Waals surface area contributed by atoms with E-state index in [1.165, 1.54) is 0 Å². The van der Waals surface area contributed by atoms with Gasteiger partial charge in [-0.15, -0.1) is 0 Å². The summed E-state index contributed by atoms with van der Waals surface area (Å²) in [5.74, 6) is 0.380. The summed E-state index contributed by atoms with van der Waals surface area (Å²) in [5, 5.41) is 2.99. The van der Waals surface area contributed by atoms with Crippen molar-refractivity contribution in [3.05, 3.63) is 34.9 Å². The van der Waals surface area contributed by atoms with E-state index in [1.54, 1.807) is 17.0 Å². The van der Waals surface area contributed by atoms with Gasteiger partial charge in [0.2, 0.25) is 0 Å². The van der Waals surface area contributed by atoms with Crippen LogP contribution in [-0.4, -0.2) is 29.3 Å². The van der Waals surface area contributed by atoms with Gasteiger partial charge in [-0.2, -0.15) is 0 Å². The zero-order chi connectivity index (χ0) is 13.4. The number of aryl methyl sites for hydroxylation is 1. The molecule has 0 aliphatic heterocycles. The van der Waals surface area contributed by atoms with Crippen molar-refractivity contribution in [2.45, 2.75) is 26.8 Å². The lowest BCUT2D eigenvalue weighted by Crippen LogP contribution is -2.25. The first-order valence-corrected chi connectivity index (χ1v) is 6.16. The number of aromatic nitrogens is 2. The van der Waals surface area contributed by atoms with E-state index < -0.39 is 0 Å². The number of hydrogen-bond donors (Lipinski definition) is 1. The van der Waals surface area contributed by atoms with Gasteiger partial charge in [0, 0.05) is 25.5 Å². The van der Waals surface area contributed by atoms with Crippen LogP contribution in [0.15, 0.2) is 29.3 Å². The summed E-state index contributed by atoms with van der Waals surface area (Å²) < 4.78 is 6.99. The predicted octanol–water partition coefficient (Wildman–Crippen LogP) is 1.66. The van der Waals surface area contributed by atoms with Crippen LogP contribution >= 0.6 is 0 Å². The predicted molar refractivity (Wildman–Crippen MR) is 72.9 cm³/mol. The first-order chi connectivity index (χ1) is 8.65. The van der Waals surface area contributed by atoms with Gasteiger partial charge in [-0.1, -0.05) is 19.1 Å². The van der Waals surface area contributed by atoms with Crippen LogP contribution in [0.5, 0.6) is 0 Å². The minimum atomic E-state index is -0.0840. The standard InChI is InChI=1S/C13H21N3O2/c1-4-7-16-8-5-14-12(13(16)17)15-6-9-18-10-11(2)3/h5,8H,2,4,6-7,9-10H2,1,3H3,(H,14,15). The lowest BCUT2D eigenvalue weighted by Gasteiger charge is -2.08. The van der Waals surface area contributed by atoms with Crippen LogP contribution in [0.3, 0.4) is 0 Å². The number of nitrogens with zero attached hydrogens (tertiary/aromatic N) is 2. The molecule has 0 unspecified atom stereocenters. The fourth-order valence-corrected chi connectivity index (χ4v) is 1.47. The second-order valence-electron chi connectivity index (χ2n) is 4.21. The second kappa shape index (κ2) is 7.66. The molecule has 0 bridgehead atoms. The highest BCUT2D eigenvalue weighted by Crippen LogP contribution is 1.94. The molecule has 0 amide bonds. The molecule has 0 aromatic carbocycles. The minimum Gasteiger partial charge on any atom is -0.375 e. The Balaban J connectivity index is 2.45. The molecule has 1 aromatic heterocycles. The molecule has 18 heavy (non-hydrogen) atoms. The summed E-state index contributed by atoms with van der Waals surface area (Å²) in [5.41, 5.74) is 0.900. The summed E-state index contributed by atoms with van der Waals surface area (Å²) in [6.45, 7) is 10.0. The average Bonchev–Trinajstić information content (AvgIpc) is 2.33. The molecule has 5 nitrogen and oxygen atoms in total. The topological polar surface area (TPSA) is 56.1 Å². The fourth-order valence-electron chi connectivity index (χ4n) is 1.47. The van der Waals surface area contributed by atoms with E-state index in [1.807, 2.05) is 13.8 Å². The van der Waals surface area contributed by atoms with Gasteiger partial charge in [-0.05, 0) is 13.3 Å². The first-order valence-electron chi connectivity index (χ1n) is 6.16. The molecule has 0 radical (unpaired) electrons. The van der Waals surface area contributed by atoms with E-state index in [4.69, 9.17) is 4.74 Å². The molecular weight excluding hydrogens is 230 g/mol. The molecule has 0 saturated carbocycles. The highest BCUT2D eigenvalue weighted by Gasteiger charge is 2.02. The van der Waals surface area contributed by atoms with E-state index in [0.717, 1.165) is 12.0 Å². The van der Waals surface area contributed by atoms with Crippen LogP contribution in [0.2, 0.25) is 0 Å². The van der Waals surface area contributed by atoms with Gasteiger partial charge in [0.25, 0.3) is 5.56 Å². The maximum Gasteiger partial charge on any atom is 0.293 e. The van der Waals surface area contributed by atoms with Gasteiger partial charge < -0.3 is 14.6 Å². The van der Waals surface area contributed by atoms with Crippen LogP contribution in [0, 0.1) is 0 Å². The van der Waals surface area contributed by atoms with E-state index in [2.05, 4.69) is 16.9 Å². The molecule has 0 saturated heterocycles. The Hall–Kier alpha value is -1.62. The number of hydrogen-bond acceptors (Lipinski definition) is 4. The smallest absolute Gasteiger partial charge is 0.293 e. The Morgan fingerprint density at radius 1 is 1.61 bits per heavy atom. The van der Waals surface area contributed by atoms with E-state index in [0.29, 0.717) is 32.1 Å². The highest BCUT2D eigenvalue weighted by molar-refractivity contribution is 5.30. The van der Waals surface area contributed by atoms with Gasteiger partial charge in [0.1, 0.15) is 0 Å². The minimum absolute atomic E-state index is 0.0840. The Bertz CT molecular complexity index is 440. The number of nitrogens with one attached hydrogen (secondary N) is 1. The van der Waals surface area contributed by atoms with Crippen LogP contribution in [0.1, 0.15) is 20.3 Å². The highest BCUT2D eigenvalue weighted by atomic mass is 16.5. The summed E-state index contributed by atoms with van der Waals surface area (Å²) in [6, 6.07) is 0. The molecule has 1 heterocycles. The van der Waals surface area contributed by atoms with Gasteiger partial charge in [0.05, 0.1) is 13.2 Å². The van der Waals surface area contributed by atoms with Crippen molar-refractivity contribution in [3.8, 4) is 0 Å². The molecular formula is C13H21N3O2. The van der Waals surface area contributed by atoms with E-state index >= 15 is 0 Å². The SMILES string of the molecule is C=C(C)COCCNc1nccn(CCC)c1=O. The number of rotatable bonds is 8. The van der Waals surface area contributed by atoms with Gasteiger partial charge >= 0.3 is 0 Å². The summed E-state index contributed by atoms with van der Waals surface area (Å²) in [4.78, 5) is 16.0. The molecule has 5 heteroatoms. The lowest BCUT2D eigenvalue weighted by atomic mass is 10.4. The van der Waals surface area contributed by atoms with Crippen molar-refractivity contribution < 1.29 is 4.74 Å². The molecule has 1 N–H and O–H groups in total. The normalized spacial score (nSPS) is 10.3. The quantitative estimate of drug-likeness (QED) is 0.564. The summed E-state index contributed by atoms with van der Waals surface area (Å²) in [7, 11) is 0. The van der Waals surface area contributed by atoms with Crippen LogP contribution < -0.4 is 10.9 Å². The molecule has 1 rings (SSSR count). The van der Waals surface area contributed by atoms with E-state index in [9.17, 15) is 4.79 Å². The molecule has 0 atom stereocenters. The van der Waals surface area contributed by atoms with Crippen molar-refractivity contribution >= 4 is 5.82 Å². The molecule has 0 aliphatic carbocycles.